The van der Waals surface area contributed by atoms with Crippen molar-refractivity contribution in [2.24, 2.45) is 4.99 Å². The summed E-state index contributed by atoms with van der Waals surface area (Å²) in [6.45, 7) is 3.18. The highest BCUT2D eigenvalue weighted by Gasteiger charge is 2.31. The monoisotopic (exact) mass is 376 g/mol. The fraction of sp³-hybridized carbons (Fsp3) is 0.353. The summed E-state index contributed by atoms with van der Waals surface area (Å²) in [6.07, 6.45) is 1.91. The fourth-order valence-electron chi connectivity index (χ4n) is 2.94. The van der Waals surface area contributed by atoms with E-state index in [1.807, 2.05) is 0 Å². The van der Waals surface area contributed by atoms with Gasteiger partial charge in [0, 0.05) is 24.5 Å². The Balaban J connectivity index is 1.81. The molecule has 3 rings (SSSR count). The number of sulfone groups is 1. The van der Waals surface area contributed by atoms with Gasteiger partial charge in [0.25, 0.3) is 5.56 Å². The molecule has 1 aromatic carbocycles. The van der Waals surface area contributed by atoms with Crippen LogP contribution in [0.15, 0.2) is 34.1 Å². The lowest BCUT2D eigenvalue weighted by atomic mass is 10.2. The highest BCUT2D eigenvalue weighted by molar-refractivity contribution is 7.91. The minimum Gasteiger partial charge on any atom is -0.326 e. The zero-order valence-electron chi connectivity index (χ0n) is 14.5. The van der Waals surface area contributed by atoms with Crippen LogP contribution in [0.5, 0.6) is 0 Å². The number of rotatable bonds is 4. The summed E-state index contributed by atoms with van der Waals surface area (Å²) in [7, 11) is -3.08. The molecule has 0 saturated carbocycles. The molecule has 8 nitrogen and oxygen atoms in total. The summed E-state index contributed by atoms with van der Waals surface area (Å²) in [5, 5.41) is 5.63. The second kappa shape index (κ2) is 6.91. The Morgan fingerprint density at radius 3 is 2.62 bits per heavy atom. The summed E-state index contributed by atoms with van der Waals surface area (Å²) in [5.41, 5.74) is 2.06. The first-order valence-corrected chi connectivity index (χ1v) is 10.0. The number of anilines is 1. The van der Waals surface area contributed by atoms with Gasteiger partial charge in [-0.25, -0.2) is 13.1 Å². The predicted octanol–water partition coefficient (Wildman–Crippen LogP) is 1.55. The van der Waals surface area contributed by atoms with Crippen LogP contribution < -0.4 is 10.9 Å². The second-order valence-electron chi connectivity index (χ2n) is 6.37. The number of nitrogens with one attached hydrogen (secondary N) is 2. The van der Waals surface area contributed by atoms with Crippen LogP contribution in [0, 0.1) is 6.92 Å². The molecule has 1 atom stereocenters. The van der Waals surface area contributed by atoms with Crippen LogP contribution in [0.1, 0.15) is 30.6 Å². The van der Waals surface area contributed by atoms with E-state index in [1.165, 1.54) is 17.8 Å². The molecule has 0 bridgehead atoms. The summed E-state index contributed by atoms with van der Waals surface area (Å²) < 4.78 is 24.7. The van der Waals surface area contributed by atoms with Gasteiger partial charge in [-0.2, -0.15) is 0 Å². The van der Waals surface area contributed by atoms with Crippen LogP contribution in [-0.4, -0.2) is 41.8 Å². The number of hydrogen-bond acceptors (Lipinski definition) is 5. The van der Waals surface area contributed by atoms with Crippen molar-refractivity contribution < 1.29 is 13.2 Å². The predicted molar refractivity (Wildman–Crippen MR) is 100 cm³/mol. The molecule has 138 valence electrons. The van der Waals surface area contributed by atoms with E-state index in [2.05, 4.69) is 15.4 Å². The van der Waals surface area contributed by atoms with Crippen molar-refractivity contribution in [3.8, 4) is 0 Å². The molecule has 0 spiro atoms. The zero-order chi connectivity index (χ0) is 18.9. The lowest BCUT2D eigenvalue weighted by Crippen LogP contribution is -2.25. The summed E-state index contributed by atoms with van der Waals surface area (Å²) >= 11 is 0. The van der Waals surface area contributed by atoms with Crippen molar-refractivity contribution in [2.75, 3.05) is 16.8 Å². The van der Waals surface area contributed by atoms with Crippen molar-refractivity contribution in [1.29, 1.82) is 0 Å². The van der Waals surface area contributed by atoms with Gasteiger partial charge >= 0.3 is 0 Å². The number of carbonyl (C=O) groups excluding carboxylic acids is 1. The molecule has 1 fully saturated rings. The summed E-state index contributed by atoms with van der Waals surface area (Å²) in [4.78, 5) is 27.9. The molecule has 2 N–H and O–H groups in total. The lowest BCUT2D eigenvalue weighted by Gasteiger charge is -2.07. The Labute approximate surface area is 150 Å². The van der Waals surface area contributed by atoms with Gasteiger partial charge in [-0.3, -0.25) is 19.7 Å². The van der Waals surface area contributed by atoms with E-state index in [4.69, 9.17) is 0 Å². The van der Waals surface area contributed by atoms with Crippen LogP contribution in [0.4, 0.5) is 11.4 Å². The molecule has 1 amide bonds. The number of hydrogen-bond donors (Lipinski definition) is 2. The van der Waals surface area contributed by atoms with Crippen LogP contribution in [0.3, 0.4) is 0 Å². The van der Waals surface area contributed by atoms with Gasteiger partial charge in [0.15, 0.2) is 9.84 Å². The van der Waals surface area contributed by atoms with Crippen molar-refractivity contribution in [1.82, 2.24) is 9.78 Å². The molecule has 2 aromatic rings. The molecule has 1 aliphatic rings. The third-order valence-electron chi connectivity index (χ3n) is 4.25. The average Bonchev–Trinajstić information content (AvgIpc) is 3.06. The first-order chi connectivity index (χ1) is 12.2. The topological polar surface area (TPSA) is 113 Å². The maximum Gasteiger partial charge on any atom is 0.275 e. The maximum absolute atomic E-state index is 12.6. The van der Waals surface area contributed by atoms with Crippen LogP contribution in [0.2, 0.25) is 0 Å². The fourth-order valence-corrected chi connectivity index (χ4v) is 4.64. The van der Waals surface area contributed by atoms with Crippen molar-refractivity contribution in [3.63, 3.8) is 0 Å². The number of aryl methyl sites for hydroxylation is 1. The Morgan fingerprint density at radius 2 is 2.04 bits per heavy atom. The molecule has 26 heavy (non-hydrogen) atoms. The minimum atomic E-state index is -3.08. The third-order valence-corrected chi connectivity index (χ3v) is 6.00. The highest BCUT2D eigenvalue weighted by Crippen LogP contribution is 2.22. The van der Waals surface area contributed by atoms with Gasteiger partial charge in [0.2, 0.25) is 5.91 Å². The number of aromatic nitrogens is 2. The van der Waals surface area contributed by atoms with Gasteiger partial charge in [-0.1, -0.05) is 0 Å². The molecule has 1 unspecified atom stereocenters. The van der Waals surface area contributed by atoms with E-state index in [0.29, 0.717) is 29.1 Å². The zero-order valence-corrected chi connectivity index (χ0v) is 15.3. The van der Waals surface area contributed by atoms with Crippen molar-refractivity contribution in [2.45, 2.75) is 26.3 Å². The smallest absolute Gasteiger partial charge is 0.275 e. The molecular weight excluding hydrogens is 356 g/mol. The van der Waals surface area contributed by atoms with Gasteiger partial charge in [-0.05, 0) is 37.6 Å². The molecule has 9 heteroatoms. The normalized spacial score (nSPS) is 19.1. The Hall–Kier alpha value is -2.68. The quantitative estimate of drug-likeness (QED) is 0.788. The molecular formula is C17H20N4O4S. The Kier molecular flexibility index (Phi) is 4.82. The van der Waals surface area contributed by atoms with E-state index in [-0.39, 0.29) is 29.0 Å². The molecule has 1 saturated heterocycles. The van der Waals surface area contributed by atoms with Gasteiger partial charge in [-0.15, -0.1) is 0 Å². The first-order valence-electron chi connectivity index (χ1n) is 8.18. The van der Waals surface area contributed by atoms with Crippen LogP contribution in [-0.2, 0) is 14.6 Å². The third kappa shape index (κ3) is 3.93. The standard InChI is InChI=1S/C17H20N4O4S/c1-11-16(9-18-13-3-5-14(6-4-13)19-12(2)22)17(23)21(20-11)15-7-8-26(24,25)10-15/h3-6,9,15,20H,7-8,10H2,1-2H3,(H,19,22). The van der Waals surface area contributed by atoms with Crippen LogP contribution >= 0.6 is 0 Å². The summed E-state index contributed by atoms with van der Waals surface area (Å²) in [6, 6.07) is 6.54. The van der Waals surface area contributed by atoms with Gasteiger partial charge in [0.05, 0.1) is 28.8 Å². The maximum atomic E-state index is 12.6. The number of carbonyl (C=O) groups is 1. The number of aromatic amines is 1. The molecule has 1 aliphatic heterocycles. The van der Waals surface area contributed by atoms with Gasteiger partial charge < -0.3 is 5.32 Å². The number of benzene rings is 1. The Bertz CT molecular complexity index is 1020. The number of nitrogens with zero attached hydrogens (tertiary/aromatic N) is 2. The van der Waals surface area contributed by atoms with Crippen molar-refractivity contribution >= 4 is 33.3 Å². The number of aliphatic imine (C=N–C) groups is 1. The molecule has 1 aromatic heterocycles. The first kappa shape index (κ1) is 18.1. The van der Waals surface area contributed by atoms with E-state index < -0.39 is 9.84 Å². The number of H-pyrrole nitrogens is 1. The largest absolute Gasteiger partial charge is 0.326 e. The highest BCUT2D eigenvalue weighted by atomic mass is 32.2. The second-order valence-corrected chi connectivity index (χ2v) is 8.60. The van der Waals surface area contributed by atoms with E-state index in [9.17, 15) is 18.0 Å². The lowest BCUT2D eigenvalue weighted by molar-refractivity contribution is -0.114. The van der Waals surface area contributed by atoms with E-state index in [1.54, 1.807) is 31.2 Å². The molecule has 2 heterocycles. The summed E-state index contributed by atoms with van der Waals surface area (Å²) in [5.74, 6) is -0.0704. The average molecular weight is 376 g/mol. The van der Waals surface area contributed by atoms with Crippen molar-refractivity contribution in [3.05, 3.63) is 45.9 Å². The number of amides is 1. The van der Waals surface area contributed by atoms with E-state index >= 15 is 0 Å². The van der Waals surface area contributed by atoms with Crippen LogP contribution in [0.25, 0.3) is 0 Å². The minimum absolute atomic E-state index is 0.0198. The van der Waals surface area contributed by atoms with E-state index in [0.717, 1.165) is 0 Å². The Morgan fingerprint density at radius 1 is 1.35 bits per heavy atom. The molecule has 0 aliphatic carbocycles. The molecule has 0 radical (unpaired) electrons. The van der Waals surface area contributed by atoms with Gasteiger partial charge in [0.1, 0.15) is 0 Å². The SMILES string of the molecule is CC(=O)Nc1ccc(N=Cc2c(C)[nH]n(C3CCS(=O)(=O)C3)c2=O)cc1.